The first-order chi connectivity index (χ1) is 15.6. The van der Waals surface area contributed by atoms with Crippen LogP contribution in [0.25, 0.3) is 0 Å². The molecule has 8 nitrogen and oxygen atoms in total. The van der Waals surface area contributed by atoms with Gasteiger partial charge in [0.05, 0.1) is 18.6 Å². The number of nitrogens with zero attached hydrogens (tertiary/aromatic N) is 2. The summed E-state index contributed by atoms with van der Waals surface area (Å²) in [4.78, 5) is 26.9. The quantitative estimate of drug-likeness (QED) is 0.534. The summed E-state index contributed by atoms with van der Waals surface area (Å²) in [6.45, 7) is 5.16. The smallest absolute Gasteiger partial charge is 0.244 e. The molecule has 2 aromatic rings. The van der Waals surface area contributed by atoms with E-state index < -0.39 is 40.2 Å². The molecule has 0 aliphatic carbocycles. The number of rotatable bonds is 11. The predicted molar refractivity (Wildman–Crippen MR) is 125 cm³/mol. The van der Waals surface area contributed by atoms with Gasteiger partial charge in [0.25, 0.3) is 0 Å². The molecule has 180 valence electrons. The molecule has 2 rings (SSSR count). The number of amides is 2. The molecule has 0 unspecified atom stereocenters. The topological polar surface area (TPSA) is 96.0 Å². The summed E-state index contributed by atoms with van der Waals surface area (Å²) in [5.74, 6) is -1.03. The van der Waals surface area contributed by atoms with Gasteiger partial charge < -0.3 is 15.0 Å². The van der Waals surface area contributed by atoms with Gasteiger partial charge in [0.1, 0.15) is 24.2 Å². The predicted octanol–water partition coefficient (Wildman–Crippen LogP) is 2.54. The first-order valence-electron chi connectivity index (χ1n) is 10.6. The third-order valence-corrected chi connectivity index (χ3v) is 6.07. The van der Waals surface area contributed by atoms with Crippen LogP contribution in [0.1, 0.15) is 26.3 Å². The first-order valence-corrected chi connectivity index (χ1v) is 12.4. The number of nitrogens with one attached hydrogen (secondary N) is 1. The van der Waals surface area contributed by atoms with Crippen molar-refractivity contribution in [1.29, 1.82) is 0 Å². The number of carbonyl (C=O) groups excluding carboxylic acids is 2. The fourth-order valence-corrected chi connectivity index (χ4v) is 4.05. The average molecular weight is 480 g/mol. The number of hydrogen-bond acceptors (Lipinski definition) is 5. The van der Waals surface area contributed by atoms with Crippen LogP contribution in [-0.2, 0) is 26.2 Å². The third-order valence-electron chi connectivity index (χ3n) is 4.93. The van der Waals surface area contributed by atoms with Crippen LogP contribution in [0.5, 0.6) is 5.75 Å². The molecule has 0 radical (unpaired) electrons. The number of hydrogen-bond donors (Lipinski definition) is 1. The van der Waals surface area contributed by atoms with Gasteiger partial charge in [-0.1, -0.05) is 18.2 Å². The molecule has 10 heteroatoms. The molecule has 2 amide bonds. The van der Waals surface area contributed by atoms with Gasteiger partial charge in [0.2, 0.25) is 21.8 Å². The maximum absolute atomic E-state index is 14.3. The highest BCUT2D eigenvalue weighted by atomic mass is 32.2. The number of benzene rings is 2. The lowest BCUT2D eigenvalue weighted by atomic mass is 10.1. The van der Waals surface area contributed by atoms with Gasteiger partial charge in [0.15, 0.2) is 0 Å². The Kier molecular flexibility index (Phi) is 9.22. The molecule has 1 N–H and O–H groups in total. The van der Waals surface area contributed by atoms with E-state index in [1.165, 1.54) is 42.2 Å². The fraction of sp³-hybridized carbons (Fsp3) is 0.391. The second-order valence-corrected chi connectivity index (χ2v) is 9.29. The van der Waals surface area contributed by atoms with Crippen molar-refractivity contribution >= 4 is 27.5 Å². The second-order valence-electron chi connectivity index (χ2n) is 7.38. The maximum atomic E-state index is 14.3. The Morgan fingerprint density at radius 1 is 1.09 bits per heavy atom. The van der Waals surface area contributed by atoms with E-state index in [0.717, 1.165) is 10.6 Å². The van der Waals surface area contributed by atoms with Gasteiger partial charge in [-0.15, -0.1) is 0 Å². The number of ether oxygens (including phenoxy) is 1. The van der Waals surface area contributed by atoms with Crippen molar-refractivity contribution in [2.75, 3.05) is 30.3 Å². The van der Waals surface area contributed by atoms with E-state index >= 15 is 0 Å². The highest BCUT2D eigenvalue weighted by molar-refractivity contribution is 7.92. The Morgan fingerprint density at radius 2 is 1.73 bits per heavy atom. The van der Waals surface area contributed by atoms with Crippen molar-refractivity contribution < 1.29 is 27.1 Å². The van der Waals surface area contributed by atoms with E-state index in [-0.39, 0.29) is 17.8 Å². The van der Waals surface area contributed by atoms with Crippen LogP contribution in [0.2, 0.25) is 0 Å². The molecule has 0 saturated heterocycles. The molecular formula is C23H30FN3O5S. The SMILES string of the molecule is CCNC(=O)[C@@H](C)N(Cc1ccccc1F)C(=O)CN(c1ccc(OCC)cc1)S(C)(=O)=O. The van der Waals surface area contributed by atoms with Crippen LogP contribution in [0.15, 0.2) is 48.5 Å². The van der Waals surface area contributed by atoms with E-state index in [4.69, 9.17) is 4.74 Å². The molecule has 1 atom stereocenters. The van der Waals surface area contributed by atoms with E-state index in [0.29, 0.717) is 18.9 Å². The standard InChI is InChI=1S/C23H30FN3O5S/c1-5-25-23(29)17(3)26(15-18-9-7-8-10-21(18)24)22(28)16-27(33(4,30)31)19-11-13-20(14-12-19)32-6-2/h7-14,17H,5-6,15-16H2,1-4H3,(H,25,29)/t17-/m1/s1. The zero-order chi connectivity index (χ0) is 24.6. The summed E-state index contributed by atoms with van der Waals surface area (Å²) in [6.07, 6.45) is 0.991. The lowest BCUT2D eigenvalue weighted by molar-refractivity contribution is -0.139. The summed E-state index contributed by atoms with van der Waals surface area (Å²) < 4.78 is 45.6. The summed E-state index contributed by atoms with van der Waals surface area (Å²) in [6, 6.07) is 11.3. The Balaban J connectivity index is 2.37. The monoisotopic (exact) mass is 479 g/mol. The van der Waals surface area contributed by atoms with Gasteiger partial charge in [-0.25, -0.2) is 12.8 Å². The molecular weight excluding hydrogens is 449 g/mol. The number of likely N-dealkylation sites (N-methyl/N-ethyl adjacent to an activating group) is 1. The molecule has 0 aromatic heterocycles. The molecule has 0 bridgehead atoms. The Hall–Kier alpha value is -3.14. The molecule has 0 heterocycles. The molecule has 0 fully saturated rings. The molecule has 2 aromatic carbocycles. The van der Waals surface area contributed by atoms with E-state index in [2.05, 4.69) is 5.32 Å². The first kappa shape index (κ1) is 26.1. The van der Waals surface area contributed by atoms with Gasteiger partial charge >= 0.3 is 0 Å². The van der Waals surface area contributed by atoms with Gasteiger partial charge in [-0.2, -0.15) is 0 Å². The number of sulfonamides is 1. The van der Waals surface area contributed by atoms with E-state index in [1.807, 2.05) is 6.92 Å². The maximum Gasteiger partial charge on any atom is 0.244 e. The molecule has 0 saturated carbocycles. The minimum Gasteiger partial charge on any atom is -0.494 e. The number of halogens is 1. The van der Waals surface area contributed by atoms with Crippen LogP contribution in [-0.4, -0.2) is 57.1 Å². The van der Waals surface area contributed by atoms with Crippen LogP contribution in [0.4, 0.5) is 10.1 Å². The van der Waals surface area contributed by atoms with E-state index in [1.54, 1.807) is 25.1 Å². The minimum absolute atomic E-state index is 0.190. The lowest BCUT2D eigenvalue weighted by Gasteiger charge is -2.31. The average Bonchev–Trinajstić information content (AvgIpc) is 2.76. The van der Waals surface area contributed by atoms with Crippen molar-refractivity contribution in [3.63, 3.8) is 0 Å². The van der Waals surface area contributed by atoms with Gasteiger partial charge in [-0.05, 0) is 51.1 Å². The molecule has 33 heavy (non-hydrogen) atoms. The molecule has 0 spiro atoms. The van der Waals surface area contributed by atoms with Crippen LogP contribution in [0.3, 0.4) is 0 Å². The van der Waals surface area contributed by atoms with Crippen LogP contribution in [0, 0.1) is 5.82 Å². The zero-order valence-corrected chi connectivity index (χ0v) is 20.1. The Morgan fingerprint density at radius 3 is 2.27 bits per heavy atom. The summed E-state index contributed by atoms with van der Waals surface area (Å²) in [5, 5.41) is 2.64. The normalized spacial score (nSPS) is 12.0. The summed E-state index contributed by atoms with van der Waals surface area (Å²) in [7, 11) is -3.84. The van der Waals surface area contributed by atoms with E-state index in [9.17, 15) is 22.4 Å². The zero-order valence-electron chi connectivity index (χ0n) is 19.2. The van der Waals surface area contributed by atoms with Crippen molar-refractivity contribution in [3.05, 3.63) is 59.9 Å². The Labute approximate surface area is 194 Å². The van der Waals surface area contributed by atoms with Crippen LogP contribution < -0.4 is 14.4 Å². The molecule has 0 aliphatic rings. The summed E-state index contributed by atoms with van der Waals surface area (Å²) >= 11 is 0. The molecule has 0 aliphatic heterocycles. The van der Waals surface area contributed by atoms with Crippen molar-refractivity contribution in [1.82, 2.24) is 10.2 Å². The largest absolute Gasteiger partial charge is 0.494 e. The second kappa shape index (κ2) is 11.6. The van der Waals surface area contributed by atoms with Crippen molar-refractivity contribution in [2.24, 2.45) is 0 Å². The fourth-order valence-electron chi connectivity index (χ4n) is 3.20. The minimum atomic E-state index is -3.84. The number of anilines is 1. The van der Waals surface area contributed by atoms with Gasteiger partial charge in [0, 0.05) is 18.7 Å². The van der Waals surface area contributed by atoms with Crippen LogP contribution >= 0.6 is 0 Å². The lowest BCUT2D eigenvalue weighted by Crippen LogP contribution is -2.51. The third kappa shape index (κ3) is 7.18. The number of carbonyl (C=O) groups is 2. The highest BCUT2D eigenvalue weighted by Gasteiger charge is 2.30. The summed E-state index contributed by atoms with van der Waals surface area (Å²) in [5.41, 5.74) is 0.486. The Bertz CT molecular complexity index is 1060. The van der Waals surface area contributed by atoms with Gasteiger partial charge in [-0.3, -0.25) is 13.9 Å². The van der Waals surface area contributed by atoms with Crippen molar-refractivity contribution in [2.45, 2.75) is 33.4 Å². The highest BCUT2D eigenvalue weighted by Crippen LogP contribution is 2.22. The van der Waals surface area contributed by atoms with Crippen molar-refractivity contribution in [3.8, 4) is 5.75 Å².